The minimum atomic E-state index is -0.248. The van der Waals surface area contributed by atoms with E-state index in [4.69, 9.17) is 9.47 Å². The molecule has 1 saturated heterocycles. The normalized spacial score (nSPS) is 15.9. The molecule has 1 atom stereocenters. The molecule has 202 valence electrons. The van der Waals surface area contributed by atoms with Gasteiger partial charge in [0.05, 0.1) is 31.4 Å². The minimum absolute atomic E-state index is 0.0243. The van der Waals surface area contributed by atoms with Gasteiger partial charge in [-0.25, -0.2) is 4.68 Å². The second kappa shape index (κ2) is 12.1. The van der Waals surface area contributed by atoms with Crippen molar-refractivity contribution in [2.75, 3.05) is 46.0 Å². The fourth-order valence-corrected chi connectivity index (χ4v) is 4.97. The second-order valence-corrected chi connectivity index (χ2v) is 10.6. The molecule has 0 unspecified atom stereocenters. The minimum Gasteiger partial charge on any atom is -0.494 e. The van der Waals surface area contributed by atoms with Crippen LogP contribution in [0.2, 0.25) is 0 Å². The number of ether oxygens (including phenoxy) is 2. The molecule has 0 amide bonds. The second-order valence-electron chi connectivity index (χ2n) is 10.6. The molecular formula is C27H41N7O3. The smallest absolute Gasteiger partial charge is 0.252 e. The molecular weight excluding hydrogens is 470 g/mol. The quantitative estimate of drug-likeness (QED) is 0.418. The summed E-state index contributed by atoms with van der Waals surface area (Å²) in [6.45, 7) is 16.9. The van der Waals surface area contributed by atoms with Crippen LogP contribution in [0.3, 0.4) is 0 Å². The van der Waals surface area contributed by atoms with Crippen molar-refractivity contribution in [3.63, 3.8) is 0 Å². The van der Waals surface area contributed by atoms with Crippen molar-refractivity contribution in [3.05, 3.63) is 46.0 Å². The number of benzene rings is 1. The Hall–Kier alpha value is -2.82. The summed E-state index contributed by atoms with van der Waals surface area (Å²) in [7, 11) is 0. The monoisotopic (exact) mass is 511 g/mol. The Morgan fingerprint density at radius 1 is 1.19 bits per heavy atom. The van der Waals surface area contributed by atoms with E-state index in [2.05, 4.69) is 58.0 Å². The number of hydrogen-bond acceptors (Lipinski definition) is 8. The summed E-state index contributed by atoms with van der Waals surface area (Å²) in [5.41, 5.74) is 1.21. The third-order valence-corrected chi connectivity index (χ3v) is 6.85. The Bertz CT molecular complexity index is 1210. The van der Waals surface area contributed by atoms with Gasteiger partial charge in [-0.2, -0.15) is 0 Å². The van der Waals surface area contributed by atoms with Gasteiger partial charge in [0.2, 0.25) is 0 Å². The molecule has 0 aliphatic carbocycles. The fourth-order valence-electron chi connectivity index (χ4n) is 4.97. The Labute approximate surface area is 218 Å². The van der Waals surface area contributed by atoms with E-state index in [1.807, 2.05) is 35.9 Å². The highest BCUT2D eigenvalue weighted by molar-refractivity contribution is 5.80. The van der Waals surface area contributed by atoms with Crippen LogP contribution in [0.15, 0.2) is 29.1 Å². The number of fused-ring (bicyclic) bond motifs is 1. The van der Waals surface area contributed by atoms with Crippen molar-refractivity contribution < 1.29 is 9.47 Å². The Morgan fingerprint density at radius 3 is 2.68 bits per heavy atom. The fraction of sp³-hybridized carbons (Fsp3) is 0.630. The molecule has 1 N–H and O–H groups in total. The number of nitrogens with zero attached hydrogens (tertiary/aromatic N) is 6. The number of hydrogen-bond donors (Lipinski definition) is 1. The van der Waals surface area contributed by atoms with Gasteiger partial charge in [-0.15, -0.1) is 5.10 Å². The van der Waals surface area contributed by atoms with Crippen molar-refractivity contribution in [2.45, 2.75) is 65.6 Å². The maximum absolute atomic E-state index is 13.1. The first-order valence-corrected chi connectivity index (χ1v) is 13.4. The Kier molecular flexibility index (Phi) is 8.94. The lowest BCUT2D eigenvalue weighted by molar-refractivity contribution is 0.0348. The molecule has 1 aliphatic rings. The van der Waals surface area contributed by atoms with Crippen LogP contribution in [0, 0.1) is 0 Å². The molecule has 0 bridgehead atoms. The zero-order valence-electron chi connectivity index (χ0n) is 22.9. The number of tetrazole rings is 1. The van der Waals surface area contributed by atoms with Gasteiger partial charge in [-0.1, -0.05) is 6.92 Å². The summed E-state index contributed by atoms with van der Waals surface area (Å²) in [5.74, 6) is 1.63. The van der Waals surface area contributed by atoms with Crippen molar-refractivity contribution >= 4 is 10.9 Å². The van der Waals surface area contributed by atoms with Gasteiger partial charge >= 0.3 is 0 Å². The Morgan fingerprint density at radius 2 is 1.97 bits per heavy atom. The molecule has 0 spiro atoms. The van der Waals surface area contributed by atoms with Gasteiger partial charge in [0.1, 0.15) is 5.75 Å². The van der Waals surface area contributed by atoms with Gasteiger partial charge in [0.15, 0.2) is 5.82 Å². The molecule has 0 saturated carbocycles. The maximum Gasteiger partial charge on any atom is 0.252 e. The average molecular weight is 512 g/mol. The molecule has 4 rings (SSSR count). The maximum atomic E-state index is 13.1. The SMILES string of the molecule is CCOc1ccc2[nH]c(=O)c(CN(CCCN3CCOCC3)[C@H](CC)c3nnnn3C(C)(C)C)cc2c1. The number of aromatic nitrogens is 5. The molecule has 1 aromatic carbocycles. The molecule has 10 nitrogen and oxygen atoms in total. The molecule has 2 aromatic heterocycles. The van der Waals surface area contributed by atoms with Crippen LogP contribution in [0.25, 0.3) is 10.9 Å². The van der Waals surface area contributed by atoms with E-state index in [-0.39, 0.29) is 17.1 Å². The zero-order valence-corrected chi connectivity index (χ0v) is 22.9. The number of rotatable bonds is 11. The first-order valence-electron chi connectivity index (χ1n) is 13.4. The zero-order chi connectivity index (χ0) is 26.4. The van der Waals surface area contributed by atoms with Crippen LogP contribution >= 0.6 is 0 Å². The van der Waals surface area contributed by atoms with Gasteiger partial charge in [-0.05, 0) is 81.8 Å². The Balaban J connectivity index is 1.63. The number of H-pyrrole nitrogens is 1. The van der Waals surface area contributed by atoms with Gasteiger partial charge in [-0.3, -0.25) is 14.6 Å². The molecule has 37 heavy (non-hydrogen) atoms. The van der Waals surface area contributed by atoms with E-state index in [1.54, 1.807) is 0 Å². The standard InChI is InChI=1S/C27H41N7O3/c1-6-24(25-29-30-31-34(25)27(3,4)5)33(12-8-11-32-13-15-36-16-14-32)19-21-17-20-18-22(37-7-2)9-10-23(20)28-26(21)35/h9-10,17-18,24H,6-8,11-16,19H2,1-5H3,(H,28,35)/t24-/m1/s1. The van der Waals surface area contributed by atoms with Crippen LogP contribution in [0.4, 0.5) is 0 Å². The molecule has 1 fully saturated rings. The summed E-state index contributed by atoms with van der Waals surface area (Å²) in [6, 6.07) is 7.74. The van der Waals surface area contributed by atoms with Crippen LogP contribution in [0.5, 0.6) is 5.75 Å². The summed E-state index contributed by atoms with van der Waals surface area (Å²) in [4.78, 5) is 21.0. The lowest BCUT2D eigenvalue weighted by Crippen LogP contribution is -2.39. The summed E-state index contributed by atoms with van der Waals surface area (Å²) < 4.78 is 13.1. The van der Waals surface area contributed by atoms with Gasteiger partial charge in [0.25, 0.3) is 5.56 Å². The van der Waals surface area contributed by atoms with E-state index < -0.39 is 0 Å². The van der Waals surface area contributed by atoms with Crippen molar-refractivity contribution in [2.24, 2.45) is 0 Å². The highest BCUT2D eigenvalue weighted by Gasteiger charge is 2.29. The highest BCUT2D eigenvalue weighted by atomic mass is 16.5. The first kappa shape index (κ1) is 27.2. The first-order chi connectivity index (χ1) is 17.8. The molecule has 10 heteroatoms. The van der Waals surface area contributed by atoms with E-state index in [0.717, 1.165) is 80.3 Å². The molecule has 1 aliphatic heterocycles. The van der Waals surface area contributed by atoms with Crippen LogP contribution in [-0.2, 0) is 16.8 Å². The highest BCUT2D eigenvalue weighted by Crippen LogP contribution is 2.28. The number of nitrogens with one attached hydrogen (secondary N) is 1. The summed E-state index contributed by atoms with van der Waals surface area (Å²) in [6.07, 6.45) is 1.81. The van der Waals surface area contributed by atoms with Crippen LogP contribution in [0.1, 0.15) is 64.9 Å². The topological polar surface area (TPSA) is 101 Å². The number of aromatic amines is 1. The third kappa shape index (κ3) is 6.74. The van der Waals surface area contributed by atoms with E-state index in [1.165, 1.54) is 0 Å². The van der Waals surface area contributed by atoms with E-state index in [0.29, 0.717) is 13.2 Å². The van der Waals surface area contributed by atoms with Crippen molar-refractivity contribution in [1.29, 1.82) is 0 Å². The van der Waals surface area contributed by atoms with Crippen LogP contribution < -0.4 is 10.3 Å². The van der Waals surface area contributed by atoms with Crippen LogP contribution in [-0.4, -0.2) is 81.0 Å². The largest absolute Gasteiger partial charge is 0.494 e. The number of pyridine rings is 1. The van der Waals surface area contributed by atoms with Gasteiger partial charge < -0.3 is 14.5 Å². The average Bonchev–Trinajstić information content (AvgIpc) is 3.36. The van der Waals surface area contributed by atoms with Crippen molar-refractivity contribution in [1.82, 2.24) is 35.0 Å². The predicted molar refractivity (Wildman–Crippen MR) is 144 cm³/mol. The number of morpholine rings is 1. The lowest BCUT2D eigenvalue weighted by Gasteiger charge is -2.33. The van der Waals surface area contributed by atoms with E-state index in [9.17, 15) is 4.79 Å². The molecule has 3 aromatic rings. The summed E-state index contributed by atoms with van der Waals surface area (Å²) in [5, 5.41) is 13.7. The summed E-state index contributed by atoms with van der Waals surface area (Å²) >= 11 is 0. The molecule has 0 radical (unpaired) electrons. The van der Waals surface area contributed by atoms with Gasteiger partial charge in [0, 0.05) is 42.6 Å². The third-order valence-electron chi connectivity index (χ3n) is 6.85. The van der Waals surface area contributed by atoms with Crippen molar-refractivity contribution in [3.8, 4) is 5.75 Å². The predicted octanol–water partition coefficient (Wildman–Crippen LogP) is 3.34. The molecule has 3 heterocycles. The van der Waals surface area contributed by atoms with E-state index >= 15 is 0 Å². The lowest BCUT2D eigenvalue weighted by atomic mass is 10.1.